The molecule has 22 heavy (non-hydrogen) atoms. The fourth-order valence-corrected chi connectivity index (χ4v) is 2.55. The van der Waals surface area contributed by atoms with E-state index in [2.05, 4.69) is 36.4 Å². The molecule has 1 aromatic rings. The van der Waals surface area contributed by atoms with E-state index in [1.54, 1.807) is 0 Å². The van der Waals surface area contributed by atoms with Crippen LogP contribution in [-0.4, -0.2) is 19.9 Å². The summed E-state index contributed by atoms with van der Waals surface area (Å²) in [5.41, 5.74) is 9.60. The van der Waals surface area contributed by atoms with Crippen LogP contribution in [-0.2, 0) is 16.1 Å². The van der Waals surface area contributed by atoms with Gasteiger partial charge in [-0.2, -0.15) is 0 Å². The first-order chi connectivity index (χ1) is 10.2. The van der Waals surface area contributed by atoms with Gasteiger partial charge in [-0.3, -0.25) is 9.59 Å². The van der Waals surface area contributed by atoms with Gasteiger partial charge in [0.25, 0.3) is 0 Å². The molecular formula is C17H22N2O2Si. The lowest BCUT2D eigenvalue weighted by Gasteiger charge is -2.11. The van der Waals surface area contributed by atoms with E-state index in [0.29, 0.717) is 19.4 Å². The summed E-state index contributed by atoms with van der Waals surface area (Å²) in [4.78, 5) is 23.3. The number of carbonyl (C=O) groups excluding carboxylic acids is 2. The summed E-state index contributed by atoms with van der Waals surface area (Å²) in [6, 6.07) is 7.79. The largest absolute Gasteiger partial charge is 0.369 e. The van der Waals surface area contributed by atoms with Crippen LogP contribution in [0.15, 0.2) is 24.3 Å². The van der Waals surface area contributed by atoms with Gasteiger partial charge in [0.2, 0.25) is 11.8 Å². The lowest BCUT2D eigenvalue weighted by Crippen LogP contribution is -2.40. The minimum absolute atomic E-state index is 0.261. The molecule has 1 aliphatic carbocycles. The maximum absolute atomic E-state index is 12.0. The van der Waals surface area contributed by atoms with Gasteiger partial charge in [0, 0.05) is 12.1 Å². The van der Waals surface area contributed by atoms with Crippen LogP contribution in [0.25, 0.3) is 0 Å². The Bertz CT molecular complexity index is 644. The molecule has 0 aliphatic heterocycles. The number of benzene rings is 1. The zero-order valence-electron chi connectivity index (χ0n) is 13.3. The fourth-order valence-electron chi connectivity index (χ4n) is 2.03. The highest BCUT2D eigenvalue weighted by Gasteiger charge is 2.55. The number of hydrogen-bond donors (Lipinski definition) is 2. The van der Waals surface area contributed by atoms with Gasteiger partial charge < -0.3 is 11.1 Å². The second-order valence-corrected chi connectivity index (χ2v) is 11.6. The molecular weight excluding hydrogens is 292 g/mol. The quantitative estimate of drug-likeness (QED) is 0.505. The smallest absolute Gasteiger partial charge is 0.235 e. The number of nitrogens with one attached hydrogen (secondary N) is 1. The first-order valence-electron chi connectivity index (χ1n) is 7.43. The lowest BCUT2D eigenvalue weighted by atomic mass is 10.1. The highest BCUT2D eigenvalue weighted by atomic mass is 28.3. The highest BCUT2D eigenvalue weighted by Crippen LogP contribution is 2.45. The first kappa shape index (κ1) is 16.3. The van der Waals surface area contributed by atoms with Gasteiger partial charge in [0.15, 0.2) is 0 Å². The van der Waals surface area contributed by atoms with E-state index in [0.717, 1.165) is 11.1 Å². The minimum Gasteiger partial charge on any atom is -0.369 e. The Hall–Kier alpha value is -2.06. The highest BCUT2D eigenvalue weighted by molar-refractivity contribution is 6.83. The predicted molar refractivity (Wildman–Crippen MR) is 89.4 cm³/mol. The van der Waals surface area contributed by atoms with Crippen molar-refractivity contribution in [3.63, 3.8) is 0 Å². The predicted octanol–water partition coefficient (Wildman–Crippen LogP) is 1.80. The molecule has 2 amide bonds. The Morgan fingerprint density at radius 1 is 1.23 bits per heavy atom. The van der Waals surface area contributed by atoms with Crippen LogP contribution < -0.4 is 11.1 Å². The van der Waals surface area contributed by atoms with E-state index in [4.69, 9.17) is 5.73 Å². The Balaban J connectivity index is 1.93. The molecule has 0 bridgehead atoms. The summed E-state index contributed by atoms with van der Waals surface area (Å²) in [7, 11) is -1.37. The van der Waals surface area contributed by atoms with Crippen molar-refractivity contribution in [2.24, 2.45) is 11.1 Å². The molecule has 0 radical (unpaired) electrons. The number of hydrogen-bond acceptors (Lipinski definition) is 2. The van der Waals surface area contributed by atoms with Crippen molar-refractivity contribution in [1.82, 2.24) is 5.32 Å². The molecule has 0 aromatic heterocycles. The maximum Gasteiger partial charge on any atom is 0.235 e. The summed E-state index contributed by atoms with van der Waals surface area (Å²) in [5, 5.41) is 2.79. The van der Waals surface area contributed by atoms with Crippen molar-refractivity contribution in [3.05, 3.63) is 35.4 Å². The van der Waals surface area contributed by atoms with Crippen LogP contribution in [0, 0.1) is 16.9 Å². The zero-order chi connectivity index (χ0) is 16.4. The Morgan fingerprint density at radius 3 is 2.27 bits per heavy atom. The third kappa shape index (κ3) is 3.98. The SMILES string of the molecule is C[Si](C)(C)C#Cc1ccc(CNC(=O)C2(C(N)=O)CC2)cc1. The number of amides is 2. The van der Waals surface area contributed by atoms with Crippen molar-refractivity contribution in [1.29, 1.82) is 0 Å². The van der Waals surface area contributed by atoms with E-state index in [9.17, 15) is 9.59 Å². The van der Waals surface area contributed by atoms with E-state index >= 15 is 0 Å². The van der Waals surface area contributed by atoms with E-state index in [-0.39, 0.29) is 5.91 Å². The van der Waals surface area contributed by atoms with Crippen molar-refractivity contribution in [2.45, 2.75) is 39.0 Å². The third-order valence-electron chi connectivity index (χ3n) is 3.65. The Kier molecular flexibility index (Phi) is 4.43. The molecule has 1 aliphatic rings. The van der Waals surface area contributed by atoms with E-state index in [1.165, 1.54) is 0 Å². The van der Waals surface area contributed by atoms with Gasteiger partial charge in [-0.25, -0.2) is 0 Å². The molecule has 5 heteroatoms. The van der Waals surface area contributed by atoms with Gasteiger partial charge >= 0.3 is 0 Å². The normalized spacial score (nSPS) is 15.4. The van der Waals surface area contributed by atoms with Crippen LogP contribution in [0.1, 0.15) is 24.0 Å². The van der Waals surface area contributed by atoms with Crippen LogP contribution in [0.5, 0.6) is 0 Å². The fraction of sp³-hybridized carbons (Fsp3) is 0.412. The monoisotopic (exact) mass is 314 g/mol. The number of primary amides is 1. The van der Waals surface area contributed by atoms with Crippen LogP contribution in [0.3, 0.4) is 0 Å². The second-order valence-electron chi connectivity index (χ2n) is 6.83. The molecule has 1 aromatic carbocycles. The van der Waals surface area contributed by atoms with Crippen LogP contribution in [0.4, 0.5) is 0 Å². The third-order valence-corrected chi connectivity index (χ3v) is 4.52. The van der Waals surface area contributed by atoms with Gasteiger partial charge in [-0.15, -0.1) is 5.54 Å². The standard InChI is InChI=1S/C17H22N2O2Si/c1-22(2,3)11-8-13-4-6-14(7-5-13)12-19-16(21)17(9-10-17)15(18)20/h4-7H,9-10,12H2,1-3H3,(H2,18,20)(H,19,21). The average molecular weight is 314 g/mol. The molecule has 0 saturated heterocycles. The van der Waals surface area contributed by atoms with Gasteiger partial charge in [-0.1, -0.05) is 37.7 Å². The lowest BCUT2D eigenvalue weighted by molar-refractivity contribution is -0.135. The molecule has 0 spiro atoms. The molecule has 3 N–H and O–H groups in total. The average Bonchev–Trinajstić information content (AvgIpc) is 3.24. The molecule has 116 valence electrons. The summed E-state index contributed by atoms with van der Waals surface area (Å²) in [5.74, 6) is 2.40. The van der Waals surface area contributed by atoms with Crippen molar-refractivity contribution in [2.75, 3.05) is 0 Å². The molecule has 4 nitrogen and oxygen atoms in total. The summed E-state index contributed by atoms with van der Waals surface area (Å²) in [6.07, 6.45) is 1.11. The molecule has 1 saturated carbocycles. The Morgan fingerprint density at radius 2 is 1.82 bits per heavy atom. The zero-order valence-corrected chi connectivity index (χ0v) is 14.3. The summed E-state index contributed by atoms with van der Waals surface area (Å²) < 4.78 is 0. The second kappa shape index (κ2) is 5.97. The number of rotatable bonds is 4. The summed E-state index contributed by atoms with van der Waals surface area (Å²) in [6.45, 7) is 7.01. The first-order valence-corrected chi connectivity index (χ1v) is 10.9. The molecule has 1 fully saturated rings. The molecule has 0 heterocycles. The number of nitrogens with two attached hydrogens (primary N) is 1. The van der Waals surface area contributed by atoms with Gasteiger partial charge in [0.1, 0.15) is 13.5 Å². The van der Waals surface area contributed by atoms with Gasteiger partial charge in [-0.05, 0) is 30.5 Å². The van der Waals surface area contributed by atoms with Crippen LogP contribution in [0.2, 0.25) is 19.6 Å². The van der Waals surface area contributed by atoms with Crippen LogP contribution >= 0.6 is 0 Å². The van der Waals surface area contributed by atoms with Crippen molar-refractivity contribution >= 4 is 19.9 Å². The van der Waals surface area contributed by atoms with Crippen molar-refractivity contribution in [3.8, 4) is 11.5 Å². The molecule has 0 atom stereocenters. The minimum atomic E-state index is -1.37. The maximum atomic E-state index is 12.0. The number of carbonyl (C=O) groups is 2. The van der Waals surface area contributed by atoms with E-state index < -0.39 is 19.4 Å². The molecule has 2 rings (SSSR count). The van der Waals surface area contributed by atoms with Gasteiger partial charge in [0.05, 0.1) is 0 Å². The topological polar surface area (TPSA) is 72.2 Å². The Labute approximate surface area is 132 Å². The van der Waals surface area contributed by atoms with Crippen molar-refractivity contribution < 1.29 is 9.59 Å². The van der Waals surface area contributed by atoms with E-state index in [1.807, 2.05) is 24.3 Å². The molecule has 0 unspecified atom stereocenters. The summed E-state index contributed by atoms with van der Waals surface area (Å²) >= 11 is 0.